The minimum atomic E-state index is -1.83. The van der Waals surface area contributed by atoms with Crippen LogP contribution in [0.2, 0.25) is 0 Å². The van der Waals surface area contributed by atoms with Gasteiger partial charge in [0.15, 0.2) is 5.75 Å². The van der Waals surface area contributed by atoms with E-state index in [0.717, 1.165) is 0 Å². The quantitative estimate of drug-likeness (QED) is 0.700. The lowest BCUT2D eigenvalue weighted by molar-refractivity contribution is 0.225. The van der Waals surface area contributed by atoms with Gasteiger partial charge in [-0.25, -0.2) is 0 Å². The molecular formula is C9H13BO4. The molecule has 1 aromatic rings. The van der Waals surface area contributed by atoms with E-state index < -0.39 is 7.32 Å². The molecule has 0 atom stereocenters. The van der Waals surface area contributed by atoms with Crippen LogP contribution < -0.4 is 9.39 Å². The third-order valence-corrected chi connectivity index (χ3v) is 1.44. The predicted molar refractivity (Wildman–Crippen MR) is 53.0 cm³/mol. The van der Waals surface area contributed by atoms with Gasteiger partial charge in [-0.3, -0.25) is 0 Å². The van der Waals surface area contributed by atoms with E-state index in [1.54, 1.807) is 24.3 Å². The molecule has 76 valence electrons. The molecule has 14 heavy (non-hydrogen) atoms. The van der Waals surface area contributed by atoms with Gasteiger partial charge in [0.2, 0.25) is 0 Å². The van der Waals surface area contributed by atoms with Crippen molar-refractivity contribution in [3.05, 3.63) is 24.3 Å². The first kappa shape index (κ1) is 10.9. The Labute approximate surface area is 83.3 Å². The fraction of sp³-hybridized carbons (Fsp3) is 0.333. The monoisotopic (exact) mass is 196 g/mol. The second-order valence-corrected chi connectivity index (χ2v) is 3.06. The van der Waals surface area contributed by atoms with E-state index in [0.29, 0.717) is 11.5 Å². The average Bonchev–Trinajstić information content (AvgIpc) is 2.06. The van der Waals surface area contributed by atoms with Crippen LogP contribution in [-0.2, 0) is 0 Å². The summed E-state index contributed by atoms with van der Waals surface area (Å²) in [6.45, 7) is 3.76. The topological polar surface area (TPSA) is 58.9 Å². The van der Waals surface area contributed by atoms with Crippen molar-refractivity contribution >= 4 is 7.32 Å². The highest BCUT2D eigenvalue weighted by Gasteiger charge is 2.14. The van der Waals surface area contributed by atoms with Crippen molar-refractivity contribution in [1.82, 2.24) is 0 Å². The fourth-order valence-corrected chi connectivity index (χ4v) is 1.01. The van der Waals surface area contributed by atoms with Gasteiger partial charge in [-0.05, 0) is 26.0 Å². The van der Waals surface area contributed by atoms with Gasteiger partial charge in [0.1, 0.15) is 5.75 Å². The highest BCUT2D eigenvalue weighted by Crippen LogP contribution is 2.27. The molecule has 0 heterocycles. The Morgan fingerprint density at radius 2 is 1.71 bits per heavy atom. The summed E-state index contributed by atoms with van der Waals surface area (Å²) in [5, 5.41) is 17.3. The molecular weight excluding hydrogens is 183 g/mol. The summed E-state index contributed by atoms with van der Waals surface area (Å²) in [7, 11) is -1.83. The first-order valence-corrected chi connectivity index (χ1v) is 4.38. The van der Waals surface area contributed by atoms with Crippen molar-refractivity contribution < 1.29 is 19.4 Å². The summed E-state index contributed by atoms with van der Waals surface area (Å²) in [5.41, 5.74) is 0. The molecule has 0 radical (unpaired) electrons. The maximum Gasteiger partial charge on any atom is 0.707 e. The zero-order valence-electron chi connectivity index (χ0n) is 8.18. The molecule has 0 saturated heterocycles. The van der Waals surface area contributed by atoms with Gasteiger partial charge < -0.3 is 19.4 Å². The second-order valence-electron chi connectivity index (χ2n) is 3.06. The predicted octanol–water partition coefficient (Wildman–Crippen LogP) is 0.822. The van der Waals surface area contributed by atoms with E-state index in [1.165, 1.54) is 0 Å². The van der Waals surface area contributed by atoms with Crippen LogP contribution in [0.5, 0.6) is 11.5 Å². The Kier molecular flexibility index (Phi) is 3.79. The number of ether oxygens (including phenoxy) is 1. The molecule has 1 aromatic carbocycles. The number of hydrogen-bond donors (Lipinski definition) is 2. The smallest absolute Gasteiger partial charge is 0.509 e. The first-order chi connectivity index (χ1) is 6.59. The van der Waals surface area contributed by atoms with Crippen LogP contribution in [0.4, 0.5) is 0 Å². The highest BCUT2D eigenvalue weighted by molar-refractivity contribution is 6.33. The van der Waals surface area contributed by atoms with Gasteiger partial charge in [-0.2, -0.15) is 0 Å². The summed E-state index contributed by atoms with van der Waals surface area (Å²) < 4.78 is 10.1. The van der Waals surface area contributed by atoms with E-state index in [1.807, 2.05) is 13.8 Å². The summed E-state index contributed by atoms with van der Waals surface area (Å²) >= 11 is 0. The van der Waals surface area contributed by atoms with Crippen molar-refractivity contribution in [2.75, 3.05) is 0 Å². The van der Waals surface area contributed by atoms with Crippen LogP contribution in [0.1, 0.15) is 13.8 Å². The number of benzene rings is 1. The maximum atomic E-state index is 8.64. The van der Waals surface area contributed by atoms with Crippen LogP contribution in [0.3, 0.4) is 0 Å². The van der Waals surface area contributed by atoms with E-state index in [9.17, 15) is 0 Å². The highest BCUT2D eigenvalue weighted by atomic mass is 16.6. The molecule has 2 N–H and O–H groups in total. The van der Waals surface area contributed by atoms with Crippen molar-refractivity contribution in [2.24, 2.45) is 0 Å². The number of rotatable bonds is 4. The van der Waals surface area contributed by atoms with Crippen LogP contribution in [-0.4, -0.2) is 23.5 Å². The third-order valence-electron chi connectivity index (χ3n) is 1.44. The summed E-state index contributed by atoms with van der Waals surface area (Å²) in [5.74, 6) is 0.812. The molecule has 0 spiro atoms. The molecule has 0 saturated carbocycles. The van der Waals surface area contributed by atoms with Gasteiger partial charge in [0.05, 0.1) is 6.10 Å². The number of para-hydroxylation sites is 2. The molecule has 0 fully saturated rings. The Hall–Kier alpha value is -1.20. The van der Waals surface area contributed by atoms with Crippen LogP contribution in [0.25, 0.3) is 0 Å². The Morgan fingerprint density at radius 1 is 1.14 bits per heavy atom. The van der Waals surface area contributed by atoms with Gasteiger partial charge >= 0.3 is 7.32 Å². The average molecular weight is 196 g/mol. The molecule has 4 nitrogen and oxygen atoms in total. The minimum absolute atomic E-state index is 0.00980. The maximum absolute atomic E-state index is 8.64. The second kappa shape index (κ2) is 4.88. The molecule has 0 aromatic heterocycles. The van der Waals surface area contributed by atoms with Crippen molar-refractivity contribution in [2.45, 2.75) is 20.0 Å². The van der Waals surface area contributed by atoms with Crippen molar-refractivity contribution in [1.29, 1.82) is 0 Å². The largest absolute Gasteiger partial charge is 0.707 e. The van der Waals surface area contributed by atoms with Crippen molar-refractivity contribution in [3.8, 4) is 11.5 Å². The van der Waals surface area contributed by atoms with Crippen molar-refractivity contribution in [3.63, 3.8) is 0 Å². The zero-order valence-corrected chi connectivity index (χ0v) is 8.18. The standard InChI is InChI=1S/C9H13BO4/c1-7(2)13-8-5-3-4-6-9(8)14-10(11)12/h3-7,11-12H,1-2H3. The molecule has 0 unspecified atom stereocenters. The Bertz CT molecular complexity index is 259. The Balaban J connectivity index is 2.80. The molecule has 5 heteroatoms. The summed E-state index contributed by atoms with van der Waals surface area (Å²) in [6.07, 6.45) is 0.00980. The van der Waals surface area contributed by atoms with Gasteiger partial charge in [-0.15, -0.1) is 0 Å². The molecule has 1 rings (SSSR count). The van der Waals surface area contributed by atoms with Gasteiger partial charge in [-0.1, -0.05) is 12.1 Å². The lowest BCUT2D eigenvalue weighted by Crippen LogP contribution is -2.21. The SMILES string of the molecule is CC(C)Oc1ccccc1OB(O)O. The molecule has 0 aliphatic heterocycles. The van der Waals surface area contributed by atoms with E-state index in [2.05, 4.69) is 0 Å². The Morgan fingerprint density at radius 3 is 2.21 bits per heavy atom. The molecule has 0 aliphatic carbocycles. The summed E-state index contributed by atoms with van der Waals surface area (Å²) in [4.78, 5) is 0. The van der Waals surface area contributed by atoms with Gasteiger partial charge in [0, 0.05) is 0 Å². The van der Waals surface area contributed by atoms with E-state index >= 15 is 0 Å². The minimum Gasteiger partial charge on any atom is -0.509 e. The van der Waals surface area contributed by atoms with Crippen LogP contribution in [0, 0.1) is 0 Å². The fourth-order valence-electron chi connectivity index (χ4n) is 1.01. The van der Waals surface area contributed by atoms with Gasteiger partial charge in [0.25, 0.3) is 0 Å². The lowest BCUT2D eigenvalue weighted by atomic mass is 10.2. The number of hydrogen-bond acceptors (Lipinski definition) is 4. The third kappa shape index (κ3) is 3.28. The van der Waals surface area contributed by atoms with Crippen LogP contribution in [0.15, 0.2) is 24.3 Å². The normalized spacial score (nSPS) is 10.1. The lowest BCUT2D eigenvalue weighted by Gasteiger charge is -2.14. The van der Waals surface area contributed by atoms with E-state index in [4.69, 9.17) is 19.4 Å². The first-order valence-electron chi connectivity index (χ1n) is 4.38. The summed E-state index contributed by atoms with van der Waals surface area (Å²) in [6, 6.07) is 6.83. The van der Waals surface area contributed by atoms with Crippen LogP contribution >= 0.6 is 0 Å². The van der Waals surface area contributed by atoms with E-state index in [-0.39, 0.29) is 6.10 Å². The molecule has 0 aliphatic rings. The molecule has 0 bridgehead atoms. The molecule has 0 amide bonds. The zero-order chi connectivity index (χ0) is 10.6.